The zero-order valence-corrected chi connectivity index (χ0v) is 17.3. The molecule has 0 aliphatic heterocycles. The Morgan fingerprint density at radius 2 is 1.88 bits per heavy atom. The first kappa shape index (κ1) is 19.4. The van der Waals surface area contributed by atoms with Gasteiger partial charge in [0.15, 0.2) is 11.8 Å². The highest BCUT2D eigenvalue weighted by Gasteiger charge is 2.07. The number of nitrogens with zero attached hydrogens (tertiary/aromatic N) is 4. The first-order valence-corrected chi connectivity index (χ1v) is 8.52. The number of aromatic nitrogens is 3. The topological polar surface area (TPSA) is 67.1 Å². The minimum absolute atomic E-state index is 0. The molecule has 3 rings (SSSR count). The van der Waals surface area contributed by atoms with E-state index < -0.39 is 0 Å². The Morgan fingerprint density at radius 1 is 1.12 bits per heavy atom. The Balaban J connectivity index is 0.00000225. The average Bonchev–Trinajstić information content (AvgIpc) is 3.25. The van der Waals surface area contributed by atoms with Crippen molar-refractivity contribution >= 4 is 41.3 Å². The number of hydrogen-bond acceptors (Lipinski definition) is 4. The number of thiophene rings is 1. The number of aryl methyl sites for hydroxylation is 1. The van der Waals surface area contributed by atoms with Crippen molar-refractivity contribution in [2.45, 2.75) is 20.0 Å². The molecule has 0 aliphatic carbocycles. The van der Waals surface area contributed by atoms with E-state index in [0.717, 1.165) is 24.0 Å². The fraction of sp³-hybridized carbons (Fsp3) is 0.235. The van der Waals surface area contributed by atoms with Crippen molar-refractivity contribution in [3.8, 4) is 5.69 Å². The van der Waals surface area contributed by atoms with Crippen LogP contribution < -0.4 is 10.6 Å². The van der Waals surface area contributed by atoms with E-state index in [4.69, 9.17) is 0 Å². The van der Waals surface area contributed by atoms with Crippen LogP contribution in [0.1, 0.15) is 15.6 Å². The molecule has 132 valence electrons. The van der Waals surface area contributed by atoms with Gasteiger partial charge in [0.2, 0.25) is 0 Å². The van der Waals surface area contributed by atoms with Gasteiger partial charge in [0.05, 0.1) is 13.1 Å². The lowest BCUT2D eigenvalue weighted by atomic mass is 10.3. The molecule has 25 heavy (non-hydrogen) atoms. The fourth-order valence-electron chi connectivity index (χ4n) is 2.32. The molecule has 0 spiro atoms. The Bertz CT molecular complexity index is 811. The quantitative estimate of drug-likeness (QED) is 0.343. The van der Waals surface area contributed by atoms with Crippen molar-refractivity contribution in [2.24, 2.45) is 4.99 Å². The Hall–Kier alpha value is -1.94. The minimum atomic E-state index is 0. The Kier molecular flexibility index (Phi) is 7.38. The Morgan fingerprint density at radius 3 is 2.56 bits per heavy atom. The van der Waals surface area contributed by atoms with Gasteiger partial charge >= 0.3 is 0 Å². The molecule has 0 unspecified atom stereocenters. The third kappa shape index (κ3) is 5.27. The predicted molar refractivity (Wildman–Crippen MR) is 113 cm³/mol. The van der Waals surface area contributed by atoms with E-state index in [1.165, 1.54) is 9.75 Å². The van der Waals surface area contributed by atoms with E-state index in [9.17, 15) is 0 Å². The van der Waals surface area contributed by atoms with Crippen molar-refractivity contribution in [1.29, 1.82) is 0 Å². The lowest BCUT2D eigenvalue weighted by molar-refractivity contribution is 0.756. The van der Waals surface area contributed by atoms with Gasteiger partial charge in [-0.1, -0.05) is 18.2 Å². The van der Waals surface area contributed by atoms with Crippen LogP contribution in [0.3, 0.4) is 0 Å². The summed E-state index contributed by atoms with van der Waals surface area (Å²) in [6.07, 6.45) is 1.72. The van der Waals surface area contributed by atoms with Crippen LogP contribution in [0.2, 0.25) is 0 Å². The first-order chi connectivity index (χ1) is 11.8. The summed E-state index contributed by atoms with van der Waals surface area (Å²) < 4.78 is 1.96. The predicted octanol–water partition coefficient (Wildman–Crippen LogP) is 3.12. The molecule has 0 radical (unpaired) electrons. The summed E-state index contributed by atoms with van der Waals surface area (Å²) in [7, 11) is 1.76. The molecule has 0 fully saturated rings. The summed E-state index contributed by atoms with van der Waals surface area (Å²) >= 11 is 1.78. The minimum Gasteiger partial charge on any atom is -0.352 e. The summed E-state index contributed by atoms with van der Waals surface area (Å²) in [5, 5.41) is 14.8. The third-order valence-electron chi connectivity index (χ3n) is 3.52. The zero-order chi connectivity index (χ0) is 16.8. The number of para-hydroxylation sites is 1. The van der Waals surface area contributed by atoms with Crippen LogP contribution in [0, 0.1) is 6.92 Å². The lowest BCUT2D eigenvalue weighted by Crippen LogP contribution is -2.36. The van der Waals surface area contributed by atoms with Crippen LogP contribution in [0.25, 0.3) is 5.69 Å². The van der Waals surface area contributed by atoms with Gasteiger partial charge < -0.3 is 10.6 Å². The van der Waals surface area contributed by atoms with Gasteiger partial charge in [-0.2, -0.15) is 0 Å². The van der Waals surface area contributed by atoms with Crippen LogP contribution in [-0.2, 0) is 13.1 Å². The molecule has 2 aromatic heterocycles. The highest BCUT2D eigenvalue weighted by atomic mass is 127. The van der Waals surface area contributed by atoms with Crippen LogP contribution in [0.5, 0.6) is 0 Å². The molecule has 2 N–H and O–H groups in total. The van der Waals surface area contributed by atoms with E-state index >= 15 is 0 Å². The molecular weight excluding hydrogens is 447 g/mol. The molecule has 6 nitrogen and oxygen atoms in total. The lowest BCUT2D eigenvalue weighted by Gasteiger charge is -2.12. The number of guanidine groups is 1. The number of aliphatic imine (C=N–C) groups is 1. The average molecular weight is 468 g/mol. The molecule has 0 amide bonds. The summed E-state index contributed by atoms with van der Waals surface area (Å²) in [6.45, 7) is 3.40. The summed E-state index contributed by atoms with van der Waals surface area (Å²) in [5.74, 6) is 1.57. The number of benzene rings is 1. The summed E-state index contributed by atoms with van der Waals surface area (Å²) in [6, 6.07) is 14.3. The fourth-order valence-corrected chi connectivity index (χ4v) is 3.15. The molecule has 1 aromatic carbocycles. The molecule has 8 heteroatoms. The van der Waals surface area contributed by atoms with Crippen LogP contribution in [0.15, 0.2) is 53.8 Å². The van der Waals surface area contributed by atoms with Gasteiger partial charge in [-0.05, 0) is 31.2 Å². The van der Waals surface area contributed by atoms with E-state index in [0.29, 0.717) is 6.54 Å². The molecule has 3 aromatic rings. The second kappa shape index (κ2) is 9.52. The van der Waals surface area contributed by atoms with Gasteiger partial charge in [-0.3, -0.25) is 9.56 Å². The van der Waals surface area contributed by atoms with Crippen molar-refractivity contribution in [3.63, 3.8) is 0 Å². The molecular formula is C17H21IN6S. The van der Waals surface area contributed by atoms with Gasteiger partial charge in [-0.15, -0.1) is 45.5 Å². The van der Waals surface area contributed by atoms with Gasteiger partial charge in [0.25, 0.3) is 0 Å². The molecule has 0 saturated heterocycles. The second-order valence-electron chi connectivity index (χ2n) is 5.24. The van der Waals surface area contributed by atoms with Gasteiger partial charge in [0.1, 0.15) is 6.33 Å². The third-order valence-corrected chi connectivity index (χ3v) is 4.52. The van der Waals surface area contributed by atoms with Crippen LogP contribution >= 0.6 is 35.3 Å². The van der Waals surface area contributed by atoms with Crippen molar-refractivity contribution < 1.29 is 0 Å². The summed E-state index contributed by atoms with van der Waals surface area (Å²) in [5.41, 5.74) is 1.04. The second-order valence-corrected chi connectivity index (χ2v) is 6.62. The SMILES string of the molecule is CN=C(NCc1ccc(C)s1)NCc1nncn1-c1ccccc1.I. The molecule has 0 saturated carbocycles. The van der Waals surface area contributed by atoms with E-state index in [2.05, 4.69) is 44.9 Å². The maximum atomic E-state index is 4.25. The van der Waals surface area contributed by atoms with Gasteiger partial charge in [0, 0.05) is 22.5 Å². The van der Waals surface area contributed by atoms with Gasteiger partial charge in [-0.25, -0.2) is 0 Å². The van der Waals surface area contributed by atoms with E-state index in [-0.39, 0.29) is 24.0 Å². The maximum absolute atomic E-state index is 4.25. The molecule has 2 heterocycles. The standard InChI is InChI=1S/C17H20N6S.HI/c1-13-8-9-15(24-13)10-19-17(18-2)20-11-16-22-21-12-23(16)14-6-4-3-5-7-14;/h3-9,12H,10-11H2,1-2H3,(H2,18,19,20);1H. The largest absolute Gasteiger partial charge is 0.352 e. The first-order valence-electron chi connectivity index (χ1n) is 7.70. The normalized spacial score (nSPS) is 11.0. The monoisotopic (exact) mass is 468 g/mol. The number of halogens is 1. The number of rotatable bonds is 5. The maximum Gasteiger partial charge on any atom is 0.191 e. The van der Waals surface area contributed by atoms with E-state index in [1.54, 1.807) is 24.7 Å². The molecule has 0 bridgehead atoms. The van der Waals surface area contributed by atoms with Crippen LogP contribution in [0.4, 0.5) is 0 Å². The molecule has 0 atom stereocenters. The zero-order valence-electron chi connectivity index (χ0n) is 14.1. The summed E-state index contributed by atoms with van der Waals surface area (Å²) in [4.78, 5) is 6.84. The van der Waals surface area contributed by atoms with Crippen molar-refractivity contribution in [1.82, 2.24) is 25.4 Å². The highest BCUT2D eigenvalue weighted by molar-refractivity contribution is 14.0. The Labute approximate surface area is 168 Å². The van der Waals surface area contributed by atoms with Crippen molar-refractivity contribution in [2.75, 3.05) is 7.05 Å². The smallest absolute Gasteiger partial charge is 0.191 e. The van der Waals surface area contributed by atoms with Crippen LogP contribution in [-0.4, -0.2) is 27.8 Å². The highest BCUT2D eigenvalue weighted by Crippen LogP contribution is 2.14. The van der Waals surface area contributed by atoms with Crippen molar-refractivity contribution in [3.05, 3.63) is 64.4 Å². The molecule has 0 aliphatic rings. The number of hydrogen-bond donors (Lipinski definition) is 2. The van der Waals surface area contributed by atoms with E-state index in [1.807, 2.05) is 34.9 Å². The number of nitrogens with one attached hydrogen (secondary N) is 2.